The van der Waals surface area contributed by atoms with Crippen molar-refractivity contribution in [2.24, 2.45) is 0 Å². The Morgan fingerprint density at radius 2 is 1.78 bits per heavy atom. The van der Waals surface area contributed by atoms with Crippen molar-refractivity contribution in [3.63, 3.8) is 0 Å². The first-order valence-corrected chi connectivity index (χ1v) is 7.50. The standard InChI is InChI=1S/C19H15N3O/c23-19(12-13-5-3-4-10-20-13)21-14-8-9-16-15-6-1-2-7-17(15)22-18(16)11-14/h1-11,22H,12H2,(H,21,23). The molecule has 2 heterocycles. The molecule has 4 aromatic rings. The van der Waals surface area contributed by atoms with Gasteiger partial charge >= 0.3 is 0 Å². The van der Waals surface area contributed by atoms with Crippen molar-refractivity contribution in [1.29, 1.82) is 0 Å². The molecule has 1 amide bonds. The van der Waals surface area contributed by atoms with Gasteiger partial charge < -0.3 is 10.3 Å². The highest BCUT2D eigenvalue weighted by molar-refractivity contribution is 6.08. The van der Waals surface area contributed by atoms with Gasteiger partial charge in [-0.2, -0.15) is 0 Å². The fraction of sp³-hybridized carbons (Fsp3) is 0.0526. The fourth-order valence-corrected chi connectivity index (χ4v) is 2.80. The van der Waals surface area contributed by atoms with Gasteiger partial charge in [-0.1, -0.05) is 30.3 Å². The van der Waals surface area contributed by atoms with Crippen molar-refractivity contribution in [3.05, 3.63) is 72.6 Å². The maximum atomic E-state index is 12.1. The molecule has 0 fully saturated rings. The number of anilines is 1. The number of fused-ring (bicyclic) bond motifs is 3. The number of hydrogen-bond donors (Lipinski definition) is 2. The van der Waals surface area contributed by atoms with E-state index < -0.39 is 0 Å². The molecule has 2 aromatic heterocycles. The quantitative estimate of drug-likeness (QED) is 0.603. The lowest BCUT2D eigenvalue weighted by Gasteiger charge is -2.05. The summed E-state index contributed by atoms with van der Waals surface area (Å²) in [6.45, 7) is 0. The van der Waals surface area contributed by atoms with Crippen LogP contribution in [0.2, 0.25) is 0 Å². The minimum atomic E-state index is -0.0702. The molecule has 0 unspecified atom stereocenters. The molecule has 4 heteroatoms. The van der Waals surface area contributed by atoms with Crippen LogP contribution >= 0.6 is 0 Å². The van der Waals surface area contributed by atoms with Crippen LogP contribution in [0, 0.1) is 0 Å². The van der Waals surface area contributed by atoms with Crippen LogP contribution < -0.4 is 5.32 Å². The van der Waals surface area contributed by atoms with Crippen molar-refractivity contribution in [2.45, 2.75) is 6.42 Å². The van der Waals surface area contributed by atoms with E-state index >= 15 is 0 Å². The Balaban J connectivity index is 1.59. The minimum absolute atomic E-state index is 0.0702. The number of H-pyrrole nitrogens is 1. The van der Waals surface area contributed by atoms with E-state index in [1.807, 2.05) is 48.5 Å². The molecular formula is C19H15N3O. The molecule has 0 saturated carbocycles. The van der Waals surface area contributed by atoms with E-state index in [4.69, 9.17) is 0 Å². The molecule has 0 aliphatic heterocycles. The average molecular weight is 301 g/mol. The van der Waals surface area contributed by atoms with E-state index in [-0.39, 0.29) is 12.3 Å². The van der Waals surface area contributed by atoms with E-state index in [1.165, 1.54) is 5.39 Å². The summed E-state index contributed by atoms with van der Waals surface area (Å²) in [5.41, 5.74) is 3.66. The van der Waals surface area contributed by atoms with Gasteiger partial charge in [0, 0.05) is 39.4 Å². The Morgan fingerprint density at radius 3 is 2.65 bits per heavy atom. The number of carbonyl (C=O) groups excluding carboxylic acids is 1. The molecule has 2 N–H and O–H groups in total. The monoisotopic (exact) mass is 301 g/mol. The summed E-state index contributed by atoms with van der Waals surface area (Å²) in [6.07, 6.45) is 1.96. The number of aromatic nitrogens is 2. The molecule has 4 rings (SSSR count). The number of amides is 1. The third-order valence-corrected chi connectivity index (χ3v) is 3.86. The number of aromatic amines is 1. The van der Waals surface area contributed by atoms with Crippen molar-refractivity contribution in [2.75, 3.05) is 5.32 Å². The Morgan fingerprint density at radius 1 is 0.957 bits per heavy atom. The van der Waals surface area contributed by atoms with Gasteiger partial charge in [0.2, 0.25) is 5.91 Å². The third kappa shape index (κ3) is 2.66. The van der Waals surface area contributed by atoms with Crippen molar-refractivity contribution >= 4 is 33.4 Å². The normalized spacial score (nSPS) is 11.0. The van der Waals surface area contributed by atoms with E-state index in [1.54, 1.807) is 6.20 Å². The molecule has 112 valence electrons. The molecule has 2 aromatic carbocycles. The van der Waals surface area contributed by atoms with Gasteiger partial charge in [0.25, 0.3) is 0 Å². The Labute approximate surface area is 133 Å². The molecular weight excluding hydrogens is 286 g/mol. The number of pyridine rings is 1. The van der Waals surface area contributed by atoms with Gasteiger partial charge in [-0.25, -0.2) is 0 Å². The number of nitrogens with one attached hydrogen (secondary N) is 2. The van der Waals surface area contributed by atoms with Gasteiger partial charge in [0.1, 0.15) is 0 Å². The lowest BCUT2D eigenvalue weighted by Crippen LogP contribution is -2.14. The number of nitrogens with zero attached hydrogens (tertiary/aromatic N) is 1. The fourth-order valence-electron chi connectivity index (χ4n) is 2.80. The highest BCUT2D eigenvalue weighted by Gasteiger charge is 2.07. The molecule has 0 bridgehead atoms. The summed E-state index contributed by atoms with van der Waals surface area (Å²) >= 11 is 0. The lowest BCUT2D eigenvalue weighted by atomic mass is 10.1. The summed E-state index contributed by atoms with van der Waals surface area (Å²) in [4.78, 5) is 19.7. The number of carbonyl (C=O) groups is 1. The van der Waals surface area contributed by atoms with Crippen molar-refractivity contribution < 1.29 is 4.79 Å². The van der Waals surface area contributed by atoms with E-state index in [9.17, 15) is 4.79 Å². The Kier molecular flexibility index (Phi) is 3.27. The second-order valence-corrected chi connectivity index (χ2v) is 5.48. The predicted octanol–water partition coefficient (Wildman–Crippen LogP) is 3.90. The van der Waals surface area contributed by atoms with Crippen LogP contribution in [0.1, 0.15) is 5.69 Å². The minimum Gasteiger partial charge on any atom is -0.354 e. The SMILES string of the molecule is O=C(Cc1ccccn1)Nc1ccc2c(c1)[nH]c1ccccc12. The van der Waals surface area contributed by atoms with Crippen LogP contribution in [0.3, 0.4) is 0 Å². The first-order valence-electron chi connectivity index (χ1n) is 7.50. The van der Waals surface area contributed by atoms with Crippen LogP contribution in [-0.4, -0.2) is 15.9 Å². The number of rotatable bonds is 3. The molecule has 4 nitrogen and oxygen atoms in total. The second kappa shape index (κ2) is 5.57. The number of para-hydroxylation sites is 1. The topological polar surface area (TPSA) is 57.8 Å². The molecule has 0 aliphatic rings. The van der Waals surface area contributed by atoms with Gasteiger partial charge in [0.05, 0.1) is 6.42 Å². The number of benzene rings is 2. The van der Waals surface area contributed by atoms with Crippen LogP contribution in [-0.2, 0) is 11.2 Å². The second-order valence-electron chi connectivity index (χ2n) is 5.48. The summed E-state index contributed by atoms with van der Waals surface area (Å²) in [7, 11) is 0. The predicted molar refractivity (Wildman–Crippen MR) is 92.4 cm³/mol. The highest BCUT2D eigenvalue weighted by Crippen LogP contribution is 2.27. The van der Waals surface area contributed by atoms with Crippen LogP contribution in [0.25, 0.3) is 21.8 Å². The summed E-state index contributed by atoms with van der Waals surface area (Å²) in [5, 5.41) is 5.27. The van der Waals surface area contributed by atoms with E-state index in [2.05, 4.69) is 27.4 Å². The van der Waals surface area contributed by atoms with Crippen molar-refractivity contribution in [3.8, 4) is 0 Å². The summed E-state index contributed by atoms with van der Waals surface area (Å²) < 4.78 is 0. The zero-order chi connectivity index (χ0) is 15.6. The van der Waals surface area contributed by atoms with Gasteiger partial charge in [-0.15, -0.1) is 0 Å². The summed E-state index contributed by atoms with van der Waals surface area (Å²) in [5.74, 6) is -0.0702. The average Bonchev–Trinajstić information content (AvgIpc) is 2.93. The molecule has 0 spiro atoms. The Bertz CT molecular complexity index is 989. The maximum Gasteiger partial charge on any atom is 0.230 e. The molecule has 0 aliphatic carbocycles. The van der Waals surface area contributed by atoms with E-state index in [0.29, 0.717) is 0 Å². The maximum absolute atomic E-state index is 12.1. The molecule has 0 atom stereocenters. The molecule has 23 heavy (non-hydrogen) atoms. The number of hydrogen-bond acceptors (Lipinski definition) is 2. The first-order chi connectivity index (χ1) is 11.3. The van der Waals surface area contributed by atoms with Gasteiger partial charge in [0.15, 0.2) is 0 Å². The zero-order valence-corrected chi connectivity index (χ0v) is 12.4. The molecule has 0 saturated heterocycles. The van der Waals surface area contributed by atoms with Gasteiger partial charge in [-0.05, 0) is 30.3 Å². The lowest BCUT2D eigenvalue weighted by molar-refractivity contribution is -0.115. The smallest absolute Gasteiger partial charge is 0.230 e. The highest BCUT2D eigenvalue weighted by atomic mass is 16.1. The Hall–Kier alpha value is -3.14. The van der Waals surface area contributed by atoms with Gasteiger partial charge in [-0.3, -0.25) is 9.78 Å². The van der Waals surface area contributed by atoms with Crippen molar-refractivity contribution in [1.82, 2.24) is 9.97 Å². The van der Waals surface area contributed by atoms with E-state index in [0.717, 1.165) is 27.8 Å². The first kappa shape index (κ1) is 13.5. The van der Waals surface area contributed by atoms with Crippen LogP contribution in [0.4, 0.5) is 5.69 Å². The van der Waals surface area contributed by atoms with Crippen LogP contribution in [0.5, 0.6) is 0 Å². The zero-order valence-electron chi connectivity index (χ0n) is 12.4. The largest absolute Gasteiger partial charge is 0.354 e. The third-order valence-electron chi connectivity index (χ3n) is 3.86. The molecule has 0 radical (unpaired) electrons. The van der Waals surface area contributed by atoms with Crippen LogP contribution in [0.15, 0.2) is 66.9 Å². The summed E-state index contributed by atoms with van der Waals surface area (Å²) in [6, 6.07) is 19.7.